The summed E-state index contributed by atoms with van der Waals surface area (Å²) in [6.45, 7) is 5.90. The van der Waals surface area contributed by atoms with E-state index in [9.17, 15) is 9.50 Å². The van der Waals surface area contributed by atoms with Crippen LogP contribution in [0.2, 0.25) is 0 Å². The summed E-state index contributed by atoms with van der Waals surface area (Å²) in [5, 5.41) is 9.58. The molecular weight excluding hydrogens is 313 g/mol. The van der Waals surface area contributed by atoms with Crippen LogP contribution in [0.25, 0.3) is 0 Å². The number of benzene rings is 2. The fraction of sp³-hybridized carbons (Fsp3) is 0.368. The number of hydrogen-bond acceptors (Lipinski definition) is 2. The van der Waals surface area contributed by atoms with E-state index in [0.29, 0.717) is 11.8 Å². The molecule has 2 nitrogen and oxygen atoms in total. The number of phenols is 1. The van der Waals surface area contributed by atoms with Crippen molar-refractivity contribution in [3.8, 4) is 5.75 Å². The van der Waals surface area contributed by atoms with E-state index in [4.69, 9.17) is 0 Å². The van der Waals surface area contributed by atoms with Crippen LogP contribution in [0.5, 0.6) is 5.75 Å². The minimum absolute atomic E-state index is 0. The highest BCUT2D eigenvalue weighted by molar-refractivity contribution is 5.85. The summed E-state index contributed by atoms with van der Waals surface area (Å²) in [7, 11) is 0. The van der Waals surface area contributed by atoms with Crippen molar-refractivity contribution in [1.29, 1.82) is 0 Å². The summed E-state index contributed by atoms with van der Waals surface area (Å²) in [6, 6.07) is 11.4. The summed E-state index contributed by atoms with van der Waals surface area (Å²) < 4.78 is 13.3. The van der Waals surface area contributed by atoms with Gasteiger partial charge in [-0.05, 0) is 67.1 Å². The van der Waals surface area contributed by atoms with Crippen molar-refractivity contribution in [2.45, 2.75) is 45.8 Å². The summed E-state index contributed by atoms with van der Waals surface area (Å²) in [6.07, 6.45) is 2.05. The number of nitrogens with zero attached hydrogens (tertiary/aromatic N) is 1. The van der Waals surface area contributed by atoms with Crippen LogP contribution >= 0.6 is 12.4 Å². The van der Waals surface area contributed by atoms with Gasteiger partial charge in [0.2, 0.25) is 0 Å². The molecule has 0 amide bonds. The Morgan fingerprint density at radius 2 is 1.87 bits per heavy atom. The molecule has 0 radical (unpaired) electrons. The Labute approximate surface area is 143 Å². The van der Waals surface area contributed by atoms with Gasteiger partial charge in [0.1, 0.15) is 11.6 Å². The fourth-order valence-corrected chi connectivity index (χ4v) is 3.13. The van der Waals surface area contributed by atoms with Crippen LogP contribution < -0.4 is 0 Å². The Bertz CT molecular complexity index is 689. The Kier molecular flexibility index (Phi) is 5.66. The third-order valence-electron chi connectivity index (χ3n) is 4.65. The average Bonchev–Trinajstić information content (AvgIpc) is 2.91. The molecule has 2 aromatic carbocycles. The van der Waals surface area contributed by atoms with Crippen LogP contribution in [0.1, 0.15) is 35.6 Å². The fourth-order valence-electron chi connectivity index (χ4n) is 3.13. The molecule has 0 aromatic heterocycles. The topological polar surface area (TPSA) is 23.5 Å². The standard InChI is InChI=1S/C19H22FNO.ClH/c1-13-9-15(5-8-19(13)22)4-3-14(2)21-11-16-6-7-18(20)10-17(16)12-21;/h5-10,14,22H,3-4,11-12H2,1-2H3;1H/t14-;/m1./s1. The molecule has 2 aromatic rings. The van der Waals surface area contributed by atoms with Gasteiger partial charge in [-0.2, -0.15) is 0 Å². The summed E-state index contributed by atoms with van der Waals surface area (Å²) in [5.41, 5.74) is 4.54. The van der Waals surface area contributed by atoms with E-state index < -0.39 is 0 Å². The molecule has 1 atom stereocenters. The molecule has 1 heterocycles. The highest BCUT2D eigenvalue weighted by atomic mass is 35.5. The van der Waals surface area contributed by atoms with Gasteiger partial charge in [-0.3, -0.25) is 4.90 Å². The van der Waals surface area contributed by atoms with E-state index in [1.807, 2.05) is 19.1 Å². The van der Waals surface area contributed by atoms with Crippen LogP contribution in [0.15, 0.2) is 36.4 Å². The van der Waals surface area contributed by atoms with Crippen LogP contribution in [0.4, 0.5) is 4.39 Å². The minimum atomic E-state index is -0.146. The highest BCUT2D eigenvalue weighted by Crippen LogP contribution is 2.27. The van der Waals surface area contributed by atoms with Gasteiger partial charge in [0.15, 0.2) is 0 Å². The maximum Gasteiger partial charge on any atom is 0.123 e. The lowest BCUT2D eigenvalue weighted by Gasteiger charge is -2.23. The van der Waals surface area contributed by atoms with Gasteiger partial charge in [0, 0.05) is 19.1 Å². The lowest BCUT2D eigenvalue weighted by Crippen LogP contribution is -2.28. The quantitative estimate of drug-likeness (QED) is 0.882. The predicted octanol–water partition coefficient (Wildman–Crippen LogP) is 4.60. The predicted molar refractivity (Wildman–Crippen MR) is 93.5 cm³/mol. The second kappa shape index (κ2) is 7.33. The molecule has 0 fully saturated rings. The number of fused-ring (bicyclic) bond motifs is 1. The van der Waals surface area contributed by atoms with Gasteiger partial charge in [-0.1, -0.05) is 18.2 Å². The van der Waals surface area contributed by atoms with Crippen molar-refractivity contribution in [2.75, 3.05) is 0 Å². The largest absolute Gasteiger partial charge is 0.508 e. The Morgan fingerprint density at radius 1 is 1.13 bits per heavy atom. The van der Waals surface area contributed by atoms with Gasteiger partial charge in [0.05, 0.1) is 0 Å². The Balaban J connectivity index is 0.00000192. The van der Waals surface area contributed by atoms with Crippen molar-refractivity contribution >= 4 is 12.4 Å². The van der Waals surface area contributed by atoms with E-state index in [0.717, 1.165) is 37.1 Å². The monoisotopic (exact) mass is 335 g/mol. The molecule has 0 saturated heterocycles. The molecular formula is C19H23ClFNO. The number of hydrogen-bond donors (Lipinski definition) is 1. The summed E-state index contributed by atoms with van der Waals surface area (Å²) >= 11 is 0. The van der Waals surface area contributed by atoms with E-state index in [1.54, 1.807) is 18.2 Å². The van der Waals surface area contributed by atoms with Gasteiger partial charge >= 0.3 is 0 Å². The first kappa shape index (κ1) is 17.8. The van der Waals surface area contributed by atoms with Crippen LogP contribution in [-0.2, 0) is 19.5 Å². The van der Waals surface area contributed by atoms with Crippen LogP contribution in [0, 0.1) is 12.7 Å². The van der Waals surface area contributed by atoms with E-state index >= 15 is 0 Å². The number of aromatic hydroxyl groups is 1. The van der Waals surface area contributed by atoms with E-state index in [-0.39, 0.29) is 18.2 Å². The highest BCUT2D eigenvalue weighted by Gasteiger charge is 2.23. The van der Waals surface area contributed by atoms with Crippen LogP contribution in [-0.4, -0.2) is 16.0 Å². The number of phenolic OH excluding ortho intramolecular Hbond substituents is 1. The van der Waals surface area contributed by atoms with E-state index in [2.05, 4.69) is 17.9 Å². The first-order valence-electron chi connectivity index (χ1n) is 7.83. The van der Waals surface area contributed by atoms with Gasteiger partial charge in [-0.25, -0.2) is 4.39 Å². The first-order valence-corrected chi connectivity index (χ1v) is 7.83. The zero-order valence-corrected chi connectivity index (χ0v) is 14.4. The second-order valence-corrected chi connectivity index (χ2v) is 6.33. The van der Waals surface area contributed by atoms with Crippen LogP contribution in [0.3, 0.4) is 0 Å². The molecule has 23 heavy (non-hydrogen) atoms. The van der Waals surface area contributed by atoms with Crippen molar-refractivity contribution in [2.24, 2.45) is 0 Å². The molecule has 0 spiro atoms. The molecule has 3 rings (SSSR count). The SMILES string of the molecule is Cc1cc(CC[C@@H](C)N2Cc3ccc(F)cc3C2)ccc1O.Cl. The molecule has 124 valence electrons. The average molecular weight is 336 g/mol. The van der Waals surface area contributed by atoms with Gasteiger partial charge in [0.25, 0.3) is 0 Å². The maximum absolute atomic E-state index is 13.3. The molecule has 0 unspecified atom stereocenters. The molecule has 0 aliphatic carbocycles. The third kappa shape index (κ3) is 4.04. The van der Waals surface area contributed by atoms with Crippen molar-refractivity contribution in [1.82, 2.24) is 4.90 Å². The summed E-state index contributed by atoms with van der Waals surface area (Å²) in [4.78, 5) is 2.40. The Hall–Kier alpha value is -1.58. The first-order chi connectivity index (χ1) is 10.5. The van der Waals surface area contributed by atoms with Crippen molar-refractivity contribution < 1.29 is 9.50 Å². The number of halogens is 2. The number of rotatable bonds is 4. The molecule has 0 saturated carbocycles. The summed E-state index contributed by atoms with van der Waals surface area (Å²) in [5.74, 6) is 0.210. The minimum Gasteiger partial charge on any atom is -0.508 e. The maximum atomic E-state index is 13.3. The van der Waals surface area contributed by atoms with Crippen molar-refractivity contribution in [3.05, 3.63) is 64.5 Å². The lowest BCUT2D eigenvalue weighted by molar-refractivity contribution is 0.203. The van der Waals surface area contributed by atoms with Crippen molar-refractivity contribution in [3.63, 3.8) is 0 Å². The lowest BCUT2D eigenvalue weighted by atomic mass is 10.0. The van der Waals surface area contributed by atoms with E-state index in [1.165, 1.54) is 11.1 Å². The zero-order valence-electron chi connectivity index (χ0n) is 13.6. The normalized spacial score (nSPS) is 15.1. The zero-order chi connectivity index (χ0) is 15.7. The molecule has 1 aliphatic heterocycles. The second-order valence-electron chi connectivity index (χ2n) is 6.33. The van der Waals surface area contributed by atoms with Gasteiger partial charge < -0.3 is 5.11 Å². The smallest absolute Gasteiger partial charge is 0.123 e. The third-order valence-corrected chi connectivity index (χ3v) is 4.65. The molecule has 0 bridgehead atoms. The molecule has 4 heteroatoms. The number of aryl methyl sites for hydroxylation is 2. The molecule has 1 aliphatic rings. The Morgan fingerprint density at radius 3 is 2.61 bits per heavy atom. The molecule has 1 N–H and O–H groups in total. The van der Waals surface area contributed by atoms with Gasteiger partial charge in [-0.15, -0.1) is 12.4 Å².